The summed E-state index contributed by atoms with van der Waals surface area (Å²) in [6, 6.07) is 3.67. The Labute approximate surface area is 262 Å². The topological polar surface area (TPSA) is 143 Å². The molecule has 0 unspecified atom stereocenters. The number of hydrogen-bond acceptors (Lipinski definition) is 8. The summed E-state index contributed by atoms with van der Waals surface area (Å²) in [4.78, 5) is 56.6. The fraction of sp³-hybridized carbons (Fsp3) is 0.375. The van der Waals surface area contributed by atoms with Gasteiger partial charge < -0.3 is 25.0 Å². The Bertz CT molecular complexity index is 1950. The lowest BCUT2D eigenvalue weighted by atomic mass is 9.98. The average molecular weight is 634 g/mol. The summed E-state index contributed by atoms with van der Waals surface area (Å²) >= 11 is 0. The molecule has 5 heterocycles. The maximum Gasteiger partial charge on any atom is 0.407 e. The summed E-state index contributed by atoms with van der Waals surface area (Å²) in [6.45, 7) is 9.17. The number of carbonyl (C=O) groups excluding carboxylic acids is 1. The number of carboxylic acid groups (broad SMARTS) is 1. The molecule has 2 aliphatic rings. The Morgan fingerprint density at radius 1 is 1.04 bits per heavy atom. The Morgan fingerprint density at radius 3 is 2.33 bits per heavy atom. The van der Waals surface area contributed by atoms with Gasteiger partial charge in [-0.2, -0.15) is 0 Å². The van der Waals surface area contributed by atoms with E-state index in [0.29, 0.717) is 17.1 Å². The third-order valence-electron chi connectivity index (χ3n) is 8.53. The summed E-state index contributed by atoms with van der Waals surface area (Å²) in [7, 11) is 1.33. The maximum atomic E-state index is 16.3. The first-order valence-electron chi connectivity index (χ1n) is 14.9. The highest BCUT2D eigenvalue weighted by atomic mass is 19.1. The van der Waals surface area contributed by atoms with Gasteiger partial charge >= 0.3 is 6.09 Å². The molecule has 12 nitrogen and oxygen atoms in total. The fourth-order valence-corrected chi connectivity index (χ4v) is 6.37. The zero-order valence-corrected chi connectivity index (χ0v) is 26.1. The van der Waals surface area contributed by atoms with Crippen LogP contribution in [0.25, 0.3) is 28.0 Å². The summed E-state index contributed by atoms with van der Waals surface area (Å²) in [5, 5.41) is 12.6. The summed E-state index contributed by atoms with van der Waals surface area (Å²) in [5.74, 6) is -2.60. The number of piperazine rings is 1. The molecule has 2 N–H and O–H groups in total. The van der Waals surface area contributed by atoms with Crippen LogP contribution in [0.15, 0.2) is 35.4 Å². The van der Waals surface area contributed by atoms with Crippen molar-refractivity contribution in [1.29, 1.82) is 0 Å². The van der Waals surface area contributed by atoms with Crippen LogP contribution in [-0.2, 0) is 4.79 Å². The molecule has 3 aromatic heterocycles. The van der Waals surface area contributed by atoms with E-state index in [0.717, 1.165) is 17.0 Å². The van der Waals surface area contributed by atoms with Crippen LogP contribution in [0.4, 0.5) is 25.0 Å². The van der Waals surface area contributed by atoms with E-state index in [9.17, 15) is 19.5 Å². The van der Waals surface area contributed by atoms with Crippen molar-refractivity contribution in [2.45, 2.75) is 58.5 Å². The highest BCUT2D eigenvalue weighted by molar-refractivity contribution is 6.10. The molecule has 0 radical (unpaired) electrons. The molecule has 2 aliphatic heterocycles. The number of nitrogens with zero attached hydrogens (tertiary/aromatic N) is 6. The number of nitrogens with one attached hydrogen (secondary N) is 1. The summed E-state index contributed by atoms with van der Waals surface area (Å²) in [6.07, 6.45) is 0.229. The van der Waals surface area contributed by atoms with Gasteiger partial charge in [-0.25, -0.2) is 28.5 Å². The van der Waals surface area contributed by atoms with Crippen molar-refractivity contribution >= 4 is 34.4 Å². The highest BCUT2D eigenvalue weighted by Gasteiger charge is 2.44. The number of rotatable bonds is 5. The minimum absolute atomic E-state index is 0.0210. The van der Waals surface area contributed by atoms with Crippen molar-refractivity contribution in [3.63, 3.8) is 0 Å². The van der Waals surface area contributed by atoms with E-state index < -0.39 is 41.3 Å². The molecule has 0 saturated carbocycles. The van der Waals surface area contributed by atoms with Crippen molar-refractivity contribution < 1.29 is 28.2 Å². The smallest absolute Gasteiger partial charge is 0.407 e. The monoisotopic (exact) mass is 633 g/mol. The van der Waals surface area contributed by atoms with Crippen LogP contribution in [0, 0.1) is 11.6 Å². The average Bonchev–Trinajstić information content (AvgIpc) is 3.00. The van der Waals surface area contributed by atoms with Crippen molar-refractivity contribution in [2.75, 3.05) is 30.4 Å². The Kier molecular flexibility index (Phi) is 7.61. The van der Waals surface area contributed by atoms with Gasteiger partial charge in [-0.15, -0.1) is 0 Å². The number of carbonyl (C=O) groups is 2. The first-order valence-corrected chi connectivity index (χ1v) is 14.9. The second-order valence-corrected chi connectivity index (χ2v) is 12.1. The minimum Gasteiger partial charge on any atom is -0.496 e. The van der Waals surface area contributed by atoms with Gasteiger partial charge in [0.25, 0.3) is 5.56 Å². The van der Waals surface area contributed by atoms with Crippen LogP contribution < -0.4 is 20.5 Å². The van der Waals surface area contributed by atoms with Crippen LogP contribution >= 0.6 is 0 Å². The lowest BCUT2D eigenvalue weighted by Crippen LogP contribution is -2.64. The van der Waals surface area contributed by atoms with Crippen LogP contribution in [0.3, 0.4) is 0 Å². The van der Waals surface area contributed by atoms with Crippen LogP contribution in [0.1, 0.15) is 57.8 Å². The molecule has 1 fully saturated rings. The molecular formula is C32H33F2N7O5. The number of halogens is 2. The molecule has 46 heavy (non-hydrogen) atoms. The third-order valence-corrected chi connectivity index (χ3v) is 8.53. The van der Waals surface area contributed by atoms with E-state index in [1.54, 1.807) is 11.8 Å². The van der Waals surface area contributed by atoms with Crippen molar-refractivity contribution in [3.8, 4) is 22.7 Å². The number of fused-ring (bicyclic) bond motifs is 5. The number of anilines is 2. The van der Waals surface area contributed by atoms with E-state index >= 15 is 8.78 Å². The predicted molar refractivity (Wildman–Crippen MR) is 167 cm³/mol. The summed E-state index contributed by atoms with van der Waals surface area (Å²) < 4.78 is 38.3. The Morgan fingerprint density at radius 2 is 1.72 bits per heavy atom. The van der Waals surface area contributed by atoms with Gasteiger partial charge in [0, 0.05) is 18.0 Å². The van der Waals surface area contributed by atoms with Gasteiger partial charge in [-0.3, -0.25) is 14.2 Å². The molecular weight excluding hydrogens is 600 g/mol. The number of benzene rings is 1. The second-order valence-electron chi connectivity index (χ2n) is 12.1. The van der Waals surface area contributed by atoms with Crippen LogP contribution in [0.2, 0.25) is 0 Å². The zero-order chi connectivity index (χ0) is 33.2. The largest absolute Gasteiger partial charge is 0.496 e. The van der Waals surface area contributed by atoms with E-state index in [1.165, 1.54) is 30.1 Å². The quantitative estimate of drug-likeness (QED) is 0.314. The molecule has 2 amide bonds. The number of methoxy groups -OCH3 is 1. The third kappa shape index (κ3) is 4.70. The lowest BCUT2D eigenvalue weighted by Gasteiger charge is -2.47. The molecule has 240 valence electrons. The van der Waals surface area contributed by atoms with Crippen LogP contribution in [-0.4, -0.2) is 73.8 Å². The minimum atomic E-state index is -1.19. The number of ether oxygens (including phenoxy) is 1. The number of amides is 2. The summed E-state index contributed by atoms with van der Waals surface area (Å²) in [5.41, 5.74) is 0.137. The second kappa shape index (κ2) is 11.3. The van der Waals surface area contributed by atoms with E-state index in [-0.39, 0.29) is 64.3 Å². The Balaban J connectivity index is 1.77. The molecule has 0 aliphatic carbocycles. The van der Waals surface area contributed by atoms with Gasteiger partial charge in [0.05, 0.1) is 42.0 Å². The highest BCUT2D eigenvalue weighted by Crippen LogP contribution is 2.42. The van der Waals surface area contributed by atoms with E-state index in [1.807, 2.05) is 27.7 Å². The molecule has 4 aromatic rings. The molecule has 0 bridgehead atoms. The van der Waals surface area contributed by atoms with Gasteiger partial charge in [0.2, 0.25) is 5.91 Å². The normalized spacial score (nSPS) is 17.7. The van der Waals surface area contributed by atoms with Gasteiger partial charge in [-0.05, 0) is 37.0 Å². The van der Waals surface area contributed by atoms with E-state index in [4.69, 9.17) is 4.74 Å². The molecule has 2 atom stereocenters. The maximum absolute atomic E-state index is 16.3. The lowest BCUT2D eigenvalue weighted by molar-refractivity contribution is -0.118. The molecule has 1 aromatic carbocycles. The van der Waals surface area contributed by atoms with Crippen molar-refractivity contribution in [2.24, 2.45) is 0 Å². The standard InChI is InChI=1S/C32H33F2N7O5/c1-14(2)23-28(24(15(3)4)36-13-35-23)41-29-17(10-19(34)25(37-29)22-18(33)8-7-9-21(22)46-6)27-26(31(41)43)38-30(42)20-12-39(32(44)45)16(5)11-40(20)27/h7-10,13-16,20H,11-12H2,1-6H3,(H,38,42)(H,44,45)/t16-,20-/m1/s1. The van der Waals surface area contributed by atoms with E-state index in [2.05, 4.69) is 20.3 Å². The molecule has 0 spiro atoms. The van der Waals surface area contributed by atoms with Crippen molar-refractivity contribution in [3.05, 3.63) is 64.0 Å². The van der Waals surface area contributed by atoms with Gasteiger partial charge in [0.1, 0.15) is 35.3 Å². The SMILES string of the molecule is COc1cccc(F)c1-c1nc2c(cc1F)c1c(c(=O)n2-c2c(C(C)C)ncnc2C(C)C)NC(=O)[C@H]2CN(C(=O)O)[C@H](C)CN12. The zero-order valence-electron chi connectivity index (χ0n) is 26.1. The molecule has 6 rings (SSSR count). The van der Waals surface area contributed by atoms with Crippen molar-refractivity contribution in [1.82, 2.24) is 24.4 Å². The number of aromatic nitrogens is 4. The Hall–Kier alpha value is -5.14. The molecule has 14 heteroatoms. The number of hydrogen-bond donors (Lipinski definition) is 2. The number of pyridine rings is 2. The fourth-order valence-electron chi connectivity index (χ4n) is 6.37. The van der Waals surface area contributed by atoms with Gasteiger partial charge in [-0.1, -0.05) is 33.8 Å². The first kappa shape index (κ1) is 30.9. The van der Waals surface area contributed by atoms with Crippen LogP contribution in [0.5, 0.6) is 5.75 Å². The van der Waals surface area contributed by atoms with Gasteiger partial charge in [0.15, 0.2) is 11.5 Å². The first-order chi connectivity index (χ1) is 21.8. The predicted octanol–water partition coefficient (Wildman–Crippen LogP) is 4.89. The molecule has 1 saturated heterocycles.